The van der Waals surface area contributed by atoms with E-state index in [9.17, 15) is 9.59 Å². The Hall–Kier alpha value is -3.66. The number of carbonyl (C=O) groups excluding carboxylic acids is 2. The fourth-order valence-corrected chi connectivity index (χ4v) is 3.54. The highest BCUT2D eigenvalue weighted by molar-refractivity contribution is 6.14. The lowest BCUT2D eigenvalue weighted by Crippen LogP contribution is -2.23. The maximum Gasteiger partial charge on any atom is 0.231 e. The van der Waals surface area contributed by atoms with Crippen molar-refractivity contribution in [1.82, 2.24) is 0 Å². The van der Waals surface area contributed by atoms with E-state index >= 15 is 0 Å². The summed E-state index contributed by atoms with van der Waals surface area (Å²) in [5.41, 5.74) is 3.09. The van der Waals surface area contributed by atoms with Crippen molar-refractivity contribution in [3.63, 3.8) is 0 Å². The first-order valence-corrected chi connectivity index (χ1v) is 9.11. The Morgan fingerprint density at radius 3 is 2.18 bits per heavy atom. The van der Waals surface area contributed by atoms with Crippen LogP contribution in [0.4, 0.5) is 0 Å². The van der Waals surface area contributed by atoms with Crippen LogP contribution in [0.3, 0.4) is 0 Å². The van der Waals surface area contributed by atoms with Crippen LogP contribution in [-0.4, -0.2) is 17.7 Å². The van der Waals surface area contributed by atoms with Crippen molar-refractivity contribution in [2.24, 2.45) is 0 Å². The van der Waals surface area contributed by atoms with Crippen molar-refractivity contribution < 1.29 is 19.1 Å². The van der Waals surface area contributed by atoms with Gasteiger partial charge in [-0.15, -0.1) is 0 Å². The summed E-state index contributed by atoms with van der Waals surface area (Å²) < 4.78 is 11.4. The van der Waals surface area contributed by atoms with Gasteiger partial charge < -0.3 is 9.47 Å². The van der Waals surface area contributed by atoms with Gasteiger partial charge in [-0.2, -0.15) is 0 Å². The van der Waals surface area contributed by atoms with Gasteiger partial charge in [0.15, 0.2) is 11.9 Å². The third-order valence-electron chi connectivity index (χ3n) is 4.99. The lowest BCUT2D eigenvalue weighted by atomic mass is 10.0. The van der Waals surface area contributed by atoms with E-state index in [4.69, 9.17) is 9.47 Å². The van der Waals surface area contributed by atoms with E-state index in [0.717, 1.165) is 11.1 Å². The normalized spacial score (nSPS) is 18.6. The number of hydrogen-bond acceptors (Lipinski definition) is 4. The second-order valence-corrected chi connectivity index (χ2v) is 6.85. The molecule has 3 aromatic rings. The molecule has 0 N–H and O–H groups in total. The van der Waals surface area contributed by atoms with Crippen molar-refractivity contribution >= 4 is 17.6 Å². The van der Waals surface area contributed by atoms with Gasteiger partial charge in [0.05, 0.1) is 11.1 Å². The van der Waals surface area contributed by atoms with E-state index in [-0.39, 0.29) is 11.6 Å². The van der Waals surface area contributed by atoms with Gasteiger partial charge in [-0.05, 0) is 41.5 Å². The third kappa shape index (κ3) is 2.79. The molecular weight excluding hydrogens is 352 g/mol. The van der Waals surface area contributed by atoms with Gasteiger partial charge in [0.2, 0.25) is 11.6 Å². The van der Waals surface area contributed by atoms with E-state index < -0.39 is 6.10 Å². The molecule has 2 aliphatic heterocycles. The molecule has 0 saturated heterocycles. The third-order valence-corrected chi connectivity index (χ3v) is 4.99. The summed E-state index contributed by atoms with van der Waals surface area (Å²) in [7, 11) is 0. The van der Waals surface area contributed by atoms with Crippen molar-refractivity contribution in [2.75, 3.05) is 0 Å². The Labute approximate surface area is 162 Å². The van der Waals surface area contributed by atoms with Crippen molar-refractivity contribution in [3.8, 4) is 11.5 Å². The van der Waals surface area contributed by atoms with Crippen LogP contribution < -0.4 is 9.47 Å². The highest BCUT2D eigenvalue weighted by Crippen LogP contribution is 2.32. The number of Topliss-reactive ketones (excluding diaryl/α,β-unsaturated/α-hetero) is 2. The molecule has 0 bridgehead atoms. The van der Waals surface area contributed by atoms with E-state index in [0.29, 0.717) is 34.8 Å². The van der Waals surface area contributed by atoms with E-state index in [1.54, 1.807) is 24.3 Å². The standard InChI is InChI=1S/C24H16O4/c25-23-17-5-1-3-7-19(17)27-21(23)13-15-9-11-16(12-10-15)14-22-24(26)18-6-2-4-8-20(18)28-22/h1-13,22H,14H2/b21-13-. The quantitative estimate of drug-likeness (QED) is 0.639. The largest absolute Gasteiger partial charge is 0.481 e. The number of ether oxygens (including phenoxy) is 2. The van der Waals surface area contributed by atoms with Crippen LogP contribution in [0.2, 0.25) is 0 Å². The fourth-order valence-electron chi connectivity index (χ4n) is 3.54. The average Bonchev–Trinajstić information content (AvgIpc) is 3.21. The molecule has 2 aliphatic rings. The maximum absolute atomic E-state index is 12.5. The van der Waals surface area contributed by atoms with Crippen LogP contribution in [0.1, 0.15) is 31.8 Å². The van der Waals surface area contributed by atoms with Crippen LogP contribution in [0.25, 0.3) is 6.08 Å². The second-order valence-electron chi connectivity index (χ2n) is 6.85. The van der Waals surface area contributed by atoms with Crippen LogP contribution in [0.15, 0.2) is 78.6 Å². The minimum atomic E-state index is -0.490. The summed E-state index contributed by atoms with van der Waals surface area (Å²) in [5, 5.41) is 0. The predicted molar refractivity (Wildman–Crippen MR) is 105 cm³/mol. The summed E-state index contributed by atoms with van der Waals surface area (Å²) >= 11 is 0. The Bertz CT molecular complexity index is 1130. The molecule has 3 aromatic carbocycles. The number of para-hydroxylation sites is 2. The smallest absolute Gasteiger partial charge is 0.231 e. The van der Waals surface area contributed by atoms with E-state index in [2.05, 4.69) is 0 Å². The molecule has 0 fully saturated rings. The first-order chi connectivity index (χ1) is 13.7. The number of allylic oxidation sites excluding steroid dienone is 1. The second kappa shape index (κ2) is 6.50. The molecule has 136 valence electrons. The Morgan fingerprint density at radius 2 is 1.46 bits per heavy atom. The molecule has 0 radical (unpaired) electrons. The number of hydrogen-bond donors (Lipinski definition) is 0. The van der Waals surface area contributed by atoms with Gasteiger partial charge in [-0.25, -0.2) is 0 Å². The summed E-state index contributed by atoms with van der Waals surface area (Å²) in [4.78, 5) is 24.8. The summed E-state index contributed by atoms with van der Waals surface area (Å²) in [5.74, 6) is 1.47. The Morgan fingerprint density at radius 1 is 0.786 bits per heavy atom. The average molecular weight is 368 g/mol. The first-order valence-electron chi connectivity index (χ1n) is 9.11. The topological polar surface area (TPSA) is 52.6 Å². The van der Waals surface area contributed by atoms with Crippen molar-refractivity contribution in [2.45, 2.75) is 12.5 Å². The molecule has 0 aliphatic carbocycles. The molecule has 28 heavy (non-hydrogen) atoms. The van der Waals surface area contributed by atoms with Gasteiger partial charge in [0, 0.05) is 6.42 Å². The minimum absolute atomic E-state index is 0.0181. The molecule has 4 nitrogen and oxygen atoms in total. The van der Waals surface area contributed by atoms with Gasteiger partial charge in [0.25, 0.3) is 0 Å². The highest BCUT2D eigenvalue weighted by atomic mass is 16.5. The minimum Gasteiger partial charge on any atom is -0.481 e. The van der Waals surface area contributed by atoms with Gasteiger partial charge in [-0.1, -0.05) is 48.5 Å². The van der Waals surface area contributed by atoms with Gasteiger partial charge in [0.1, 0.15) is 11.5 Å². The van der Waals surface area contributed by atoms with Crippen molar-refractivity contribution in [3.05, 3.63) is 101 Å². The summed E-state index contributed by atoms with van der Waals surface area (Å²) in [6.07, 6.45) is 1.75. The van der Waals surface area contributed by atoms with Gasteiger partial charge >= 0.3 is 0 Å². The molecular formula is C24H16O4. The van der Waals surface area contributed by atoms with Crippen LogP contribution in [-0.2, 0) is 6.42 Å². The zero-order valence-electron chi connectivity index (χ0n) is 14.9. The molecule has 0 spiro atoms. The number of carbonyl (C=O) groups is 2. The monoisotopic (exact) mass is 368 g/mol. The summed E-state index contributed by atoms with van der Waals surface area (Å²) in [6.45, 7) is 0. The van der Waals surface area contributed by atoms with Crippen molar-refractivity contribution in [1.29, 1.82) is 0 Å². The molecule has 0 saturated carbocycles. The molecule has 0 amide bonds. The SMILES string of the molecule is O=C1/C(=C/c2ccc(CC3Oc4ccccc4C3=O)cc2)Oc2ccccc21. The maximum atomic E-state index is 12.5. The molecule has 5 rings (SSSR count). The first kappa shape index (κ1) is 16.5. The molecule has 4 heteroatoms. The van der Waals surface area contributed by atoms with Crippen LogP contribution >= 0.6 is 0 Å². The van der Waals surface area contributed by atoms with Crippen LogP contribution in [0, 0.1) is 0 Å². The molecule has 1 atom stereocenters. The Kier molecular flexibility index (Phi) is 3.83. The van der Waals surface area contributed by atoms with Gasteiger partial charge in [-0.3, -0.25) is 9.59 Å². The number of fused-ring (bicyclic) bond motifs is 2. The molecule has 0 aromatic heterocycles. The highest BCUT2D eigenvalue weighted by Gasteiger charge is 2.32. The van der Waals surface area contributed by atoms with E-state index in [1.807, 2.05) is 54.6 Å². The zero-order valence-corrected chi connectivity index (χ0v) is 14.9. The van der Waals surface area contributed by atoms with E-state index in [1.165, 1.54) is 0 Å². The Balaban J connectivity index is 1.31. The fraction of sp³-hybridized carbons (Fsp3) is 0.0833. The molecule has 2 heterocycles. The molecule has 1 unspecified atom stereocenters. The lowest BCUT2D eigenvalue weighted by molar-refractivity contribution is 0.0857. The lowest BCUT2D eigenvalue weighted by Gasteiger charge is -2.09. The predicted octanol–water partition coefficient (Wildman–Crippen LogP) is 4.49. The summed E-state index contributed by atoms with van der Waals surface area (Å²) in [6, 6.07) is 22.2. The number of benzene rings is 3. The zero-order chi connectivity index (χ0) is 19.1. The van der Waals surface area contributed by atoms with Crippen LogP contribution in [0.5, 0.6) is 11.5 Å². The number of rotatable bonds is 3. The number of ketones is 2.